The fourth-order valence-corrected chi connectivity index (χ4v) is 2.99. The van der Waals surface area contributed by atoms with E-state index in [9.17, 15) is 0 Å². The summed E-state index contributed by atoms with van der Waals surface area (Å²) in [4.78, 5) is 2.74. The number of hydrogen-bond acceptors (Lipinski definition) is 4. The van der Waals surface area contributed by atoms with Crippen LogP contribution in [0.2, 0.25) is 0 Å². The van der Waals surface area contributed by atoms with Crippen LogP contribution in [0.15, 0.2) is 12.1 Å². The van der Waals surface area contributed by atoms with Crippen LogP contribution in [0.4, 0.5) is 0 Å². The van der Waals surface area contributed by atoms with E-state index in [1.807, 2.05) is 11.3 Å². The molecule has 96 valence electrons. The van der Waals surface area contributed by atoms with Crippen LogP contribution in [0.25, 0.3) is 0 Å². The topological polar surface area (TPSA) is 30.5 Å². The molecule has 1 fully saturated rings. The van der Waals surface area contributed by atoms with Crippen molar-refractivity contribution in [1.29, 1.82) is 0 Å². The first-order valence-corrected chi connectivity index (χ1v) is 6.89. The van der Waals surface area contributed by atoms with Crippen molar-refractivity contribution >= 4 is 11.3 Å². The molecule has 1 N–H and O–H groups in total. The van der Waals surface area contributed by atoms with Crippen LogP contribution in [0.5, 0.6) is 0 Å². The molecular formula is C13H21NO2S. The molecule has 1 aliphatic rings. The van der Waals surface area contributed by atoms with Gasteiger partial charge in [-0.3, -0.25) is 0 Å². The van der Waals surface area contributed by atoms with E-state index in [0.717, 1.165) is 19.6 Å². The Kier molecular flexibility index (Phi) is 4.20. The van der Waals surface area contributed by atoms with Crippen molar-refractivity contribution in [2.24, 2.45) is 0 Å². The Morgan fingerprint density at radius 2 is 2.41 bits per heavy atom. The summed E-state index contributed by atoms with van der Waals surface area (Å²) in [6.45, 7) is 6.70. The third kappa shape index (κ3) is 3.07. The number of aryl methyl sites for hydroxylation is 1. The van der Waals surface area contributed by atoms with E-state index in [1.54, 1.807) is 7.11 Å². The average molecular weight is 255 g/mol. The highest BCUT2D eigenvalue weighted by Gasteiger charge is 2.34. The maximum Gasteiger partial charge on any atom is 0.106 e. The minimum Gasteiger partial charge on any atom is -0.378 e. The Labute approximate surface area is 107 Å². The van der Waals surface area contributed by atoms with Gasteiger partial charge in [0.2, 0.25) is 0 Å². The van der Waals surface area contributed by atoms with Crippen LogP contribution in [-0.2, 0) is 9.47 Å². The zero-order chi connectivity index (χ0) is 12.3. The van der Waals surface area contributed by atoms with Gasteiger partial charge in [0.15, 0.2) is 0 Å². The lowest BCUT2D eigenvalue weighted by Gasteiger charge is -2.27. The molecular weight excluding hydrogens is 234 g/mol. The van der Waals surface area contributed by atoms with Crippen molar-refractivity contribution in [2.45, 2.75) is 31.9 Å². The van der Waals surface area contributed by atoms with Crippen molar-refractivity contribution in [2.75, 3.05) is 26.9 Å². The van der Waals surface area contributed by atoms with Gasteiger partial charge in [0.1, 0.15) is 5.60 Å². The van der Waals surface area contributed by atoms with Crippen LogP contribution in [0.3, 0.4) is 0 Å². The predicted molar refractivity (Wildman–Crippen MR) is 70.6 cm³/mol. The lowest BCUT2D eigenvalue weighted by Crippen LogP contribution is -2.43. The molecule has 2 unspecified atom stereocenters. The van der Waals surface area contributed by atoms with Gasteiger partial charge in [-0.2, -0.15) is 0 Å². The summed E-state index contributed by atoms with van der Waals surface area (Å²) >= 11 is 1.85. The van der Waals surface area contributed by atoms with E-state index in [0.29, 0.717) is 12.6 Å². The molecule has 3 nitrogen and oxygen atoms in total. The van der Waals surface area contributed by atoms with Crippen LogP contribution in [-0.4, -0.2) is 32.5 Å². The summed E-state index contributed by atoms with van der Waals surface area (Å²) in [6.07, 6.45) is 0.979. The number of ether oxygens (including phenoxy) is 2. The first-order chi connectivity index (χ1) is 8.15. The van der Waals surface area contributed by atoms with Crippen molar-refractivity contribution in [1.82, 2.24) is 5.32 Å². The first kappa shape index (κ1) is 13.0. The zero-order valence-corrected chi connectivity index (χ0v) is 11.6. The predicted octanol–water partition coefficient (Wildman–Crippen LogP) is 2.51. The molecule has 0 spiro atoms. The third-order valence-electron chi connectivity index (χ3n) is 3.42. The monoisotopic (exact) mass is 255 g/mol. The van der Waals surface area contributed by atoms with Crippen LogP contribution < -0.4 is 5.32 Å². The number of nitrogens with one attached hydrogen (secondary N) is 1. The van der Waals surface area contributed by atoms with Gasteiger partial charge in [0.25, 0.3) is 0 Å². The SMILES string of the molecule is COC1(CNC(C)c2ccc(C)s2)CCOC1. The Bertz CT molecular complexity index is 358. The van der Waals surface area contributed by atoms with E-state index in [1.165, 1.54) is 9.75 Å². The van der Waals surface area contributed by atoms with E-state index in [-0.39, 0.29) is 5.60 Å². The molecule has 0 amide bonds. The highest BCUT2D eigenvalue weighted by Crippen LogP contribution is 2.25. The molecule has 1 saturated heterocycles. The number of hydrogen-bond donors (Lipinski definition) is 1. The second-order valence-corrected chi connectivity index (χ2v) is 6.06. The van der Waals surface area contributed by atoms with Gasteiger partial charge in [-0.15, -0.1) is 11.3 Å². The van der Waals surface area contributed by atoms with Gasteiger partial charge in [-0.1, -0.05) is 0 Å². The molecule has 0 bridgehead atoms. The second-order valence-electron chi connectivity index (χ2n) is 4.74. The van der Waals surface area contributed by atoms with Gasteiger partial charge in [0, 0.05) is 42.5 Å². The lowest BCUT2D eigenvalue weighted by atomic mass is 10.0. The van der Waals surface area contributed by atoms with Gasteiger partial charge in [-0.25, -0.2) is 0 Å². The van der Waals surface area contributed by atoms with E-state index < -0.39 is 0 Å². The van der Waals surface area contributed by atoms with Crippen molar-refractivity contribution in [3.63, 3.8) is 0 Å². The minimum absolute atomic E-state index is 0.124. The van der Waals surface area contributed by atoms with Crippen LogP contribution >= 0.6 is 11.3 Å². The standard InChI is InChI=1S/C13H21NO2S/c1-10-4-5-12(17-10)11(2)14-8-13(15-3)6-7-16-9-13/h4-5,11,14H,6-9H2,1-3H3. The van der Waals surface area contributed by atoms with Gasteiger partial charge in [0.05, 0.1) is 6.61 Å². The molecule has 2 heterocycles. The molecule has 0 saturated carbocycles. The molecule has 0 radical (unpaired) electrons. The Morgan fingerprint density at radius 3 is 2.94 bits per heavy atom. The van der Waals surface area contributed by atoms with Crippen LogP contribution in [0.1, 0.15) is 29.1 Å². The third-order valence-corrected chi connectivity index (χ3v) is 4.60. The molecule has 0 aliphatic carbocycles. The fraction of sp³-hybridized carbons (Fsp3) is 0.692. The quantitative estimate of drug-likeness (QED) is 0.877. The highest BCUT2D eigenvalue weighted by molar-refractivity contribution is 7.12. The first-order valence-electron chi connectivity index (χ1n) is 6.08. The molecule has 1 aliphatic heterocycles. The second kappa shape index (κ2) is 5.48. The van der Waals surface area contributed by atoms with Crippen molar-refractivity contribution in [3.8, 4) is 0 Å². The van der Waals surface area contributed by atoms with Gasteiger partial charge >= 0.3 is 0 Å². The molecule has 1 aromatic heterocycles. The molecule has 2 atom stereocenters. The number of thiophene rings is 1. The minimum atomic E-state index is -0.124. The normalized spacial score (nSPS) is 26.3. The number of rotatable bonds is 5. The van der Waals surface area contributed by atoms with Gasteiger partial charge in [-0.05, 0) is 26.0 Å². The summed E-state index contributed by atoms with van der Waals surface area (Å²) < 4.78 is 11.0. The average Bonchev–Trinajstić information content (AvgIpc) is 2.95. The van der Waals surface area contributed by atoms with Gasteiger partial charge < -0.3 is 14.8 Å². The maximum atomic E-state index is 5.61. The molecule has 1 aromatic rings. The molecule has 0 aromatic carbocycles. The summed E-state index contributed by atoms with van der Waals surface area (Å²) in [6, 6.07) is 4.74. The zero-order valence-electron chi connectivity index (χ0n) is 10.8. The number of methoxy groups -OCH3 is 1. The van der Waals surface area contributed by atoms with E-state index >= 15 is 0 Å². The van der Waals surface area contributed by atoms with Crippen molar-refractivity contribution in [3.05, 3.63) is 21.9 Å². The highest BCUT2D eigenvalue weighted by atomic mass is 32.1. The maximum absolute atomic E-state index is 5.61. The Hall–Kier alpha value is -0.420. The largest absolute Gasteiger partial charge is 0.378 e. The summed E-state index contributed by atoms with van der Waals surface area (Å²) in [5, 5.41) is 3.55. The smallest absolute Gasteiger partial charge is 0.106 e. The summed E-state index contributed by atoms with van der Waals surface area (Å²) in [7, 11) is 1.77. The molecule has 4 heteroatoms. The Balaban J connectivity index is 1.89. The van der Waals surface area contributed by atoms with E-state index in [4.69, 9.17) is 9.47 Å². The lowest BCUT2D eigenvalue weighted by molar-refractivity contribution is -0.0171. The van der Waals surface area contributed by atoms with E-state index in [2.05, 4.69) is 31.3 Å². The van der Waals surface area contributed by atoms with Crippen molar-refractivity contribution < 1.29 is 9.47 Å². The summed E-state index contributed by atoms with van der Waals surface area (Å²) in [5.41, 5.74) is -0.124. The molecule has 2 rings (SSSR count). The molecule has 17 heavy (non-hydrogen) atoms. The van der Waals surface area contributed by atoms with Crippen LogP contribution in [0, 0.1) is 6.92 Å². The Morgan fingerprint density at radius 1 is 1.59 bits per heavy atom. The summed E-state index contributed by atoms with van der Waals surface area (Å²) in [5.74, 6) is 0. The fourth-order valence-electron chi connectivity index (χ4n) is 2.09.